The van der Waals surface area contributed by atoms with E-state index in [1.165, 1.54) is 0 Å². The molecule has 0 aromatic heterocycles. The van der Waals surface area contributed by atoms with Gasteiger partial charge in [-0.2, -0.15) is 0 Å². The monoisotopic (exact) mass is 286 g/mol. The van der Waals surface area contributed by atoms with Gasteiger partial charge in [-0.15, -0.1) is 0 Å². The molecule has 3 N–H and O–H groups in total. The third-order valence-corrected chi connectivity index (χ3v) is 3.13. The second-order valence-corrected chi connectivity index (χ2v) is 5.64. The van der Waals surface area contributed by atoms with Crippen LogP contribution in [-0.2, 0) is 0 Å². The molecule has 1 unspecified atom stereocenters. The highest BCUT2D eigenvalue weighted by atomic mass is 32.1. The van der Waals surface area contributed by atoms with Crippen molar-refractivity contribution in [1.82, 2.24) is 0 Å². The normalized spacial score (nSPS) is 12.5. The summed E-state index contributed by atoms with van der Waals surface area (Å²) in [6.45, 7) is 6.14. The van der Waals surface area contributed by atoms with E-state index in [0.29, 0.717) is 5.92 Å². The van der Waals surface area contributed by atoms with Crippen molar-refractivity contribution in [2.24, 2.45) is 11.7 Å². The summed E-state index contributed by atoms with van der Waals surface area (Å²) in [4.78, 5) is -0.0165. The van der Waals surface area contributed by atoms with E-state index in [1.54, 1.807) is 0 Å². The molecule has 0 saturated carbocycles. The predicted molar refractivity (Wildman–Crippen MR) is 79.4 cm³/mol. The Kier molecular flexibility index (Phi) is 5.66. The number of anilines is 1. The van der Waals surface area contributed by atoms with Gasteiger partial charge in [0.05, 0.1) is 0 Å². The summed E-state index contributed by atoms with van der Waals surface area (Å²) in [7, 11) is 0. The Balaban J connectivity index is 2.81. The molecule has 0 aliphatic rings. The first-order chi connectivity index (χ1) is 8.81. The third kappa shape index (κ3) is 4.74. The molecule has 1 atom stereocenters. The van der Waals surface area contributed by atoms with Crippen LogP contribution in [0.1, 0.15) is 39.2 Å². The van der Waals surface area contributed by atoms with Gasteiger partial charge in [-0.1, -0.05) is 26.1 Å². The number of nitrogens with one attached hydrogen (secondary N) is 1. The van der Waals surface area contributed by atoms with Crippen LogP contribution in [0.15, 0.2) is 12.1 Å². The molecule has 2 nitrogen and oxygen atoms in total. The standard InChI is InChI=1S/C14H20F2N2S/c1-8(2)4-5-9(3)18-13-11(15)6-10(14(17)19)7-12(13)16/h6-9,18H,4-5H2,1-3H3,(H2,17,19). The Morgan fingerprint density at radius 1 is 1.21 bits per heavy atom. The predicted octanol–water partition coefficient (Wildman–Crippen LogP) is 3.84. The van der Waals surface area contributed by atoms with E-state index in [4.69, 9.17) is 18.0 Å². The molecule has 0 aliphatic heterocycles. The van der Waals surface area contributed by atoms with Gasteiger partial charge in [-0.05, 0) is 37.8 Å². The zero-order valence-corrected chi connectivity index (χ0v) is 12.3. The Bertz CT molecular complexity index is 438. The van der Waals surface area contributed by atoms with Gasteiger partial charge in [-0.3, -0.25) is 0 Å². The summed E-state index contributed by atoms with van der Waals surface area (Å²) in [6.07, 6.45) is 1.86. The molecule has 0 fully saturated rings. The first-order valence-corrected chi connectivity index (χ1v) is 6.77. The molecule has 1 aromatic carbocycles. The Morgan fingerprint density at radius 2 is 1.74 bits per heavy atom. The van der Waals surface area contributed by atoms with Crippen molar-refractivity contribution >= 4 is 22.9 Å². The molecule has 0 aliphatic carbocycles. The summed E-state index contributed by atoms with van der Waals surface area (Å²) in [5.74, 6) is -0.769. The van der Waals surface area contributed by atoms with Crippen LogP contribution >= 0.6 is 12.2 Å². The highest BCUT2D eigenvalue weighted by molar-refractivity contribution is 7.80. The van der Waals surface area contributed by atoms with Crippen molar-refractivity contribution in [2.45, 2.75) is 39.7 Å². The number of rotatable bonds is 6. The maximum absolute atomic E-state index is 13.8. The SMILES string of the molecule is CC(C)CCC(C)Nc1c(F)cc(C(N)=S)cc1F. The molecule has 0 amide bonds. The van der Waals surface area contributed by atoms with Crippen LogP contribution < -0.4 is 11.1 Å². The van der Waals surface area contributed by atoms with Gasteiger partial charge < -0.3 is 11.1 Å². The van der Waals surface area contributed by atoms with E-state index in [2.05, 4.69) is 19.2 Å². The lowest BCUT2D eigenvalue weighted by molar-refractivity contribution is 0.521. The van der Waals surface area contributed by atoms with Crippen LogP contribution in [0.5, 0.6) is 0 Å². The van der Waals surface area contributed by atoms with Crippen molar-refractivity contribution in [3.05, 3.63) is 29.3 Å². The van der Waals surface area contributed by atoms with Crippen LogP contribution in [-0.4, -0.2) is 11.0 Å². The summed E-state index contributed by atoms with van der Waals surface area (Å²) in [5.41, 5.74) is 5.45. The molecule has 106 valence electrons. The van der Waals surface area contributed by atoms with E-state index in [9.17, 15) is 8.78 Å². The first kappa shape index (κ1) is 15.8. The lowest BCUT2D eigenvalue weighted by Crippen LogP contribution is -2.19. The number of halogens is 2. The quantitative estimate of drug-likeness (QED) is 0.780. The lowest BCUT2D eigenvalue weighted by atomic mass is 10.0. The van der Waals surface area contributed by atoms with E-state index in [0.717, 1.165) is 25.0 Å². The fourth-order valence-electron chi connectivity index (χ4n) is 1.76. The fourth-order valence-corrected chi connectivity index (χ4v) is 1.87. The topological polar surface area (TPSA) is 38.0 Å². The number of hydrogen-bond donors (Lipinski definition) is 2. The van der Waals surface area contributed by atoms with Gasteiger partial charge in [-0.25, -0.2) is 8.78 Å². The first-order valence-electron chi connectivity index (χ1n) is 6.36. The van der Waals surface area contributed by atoms with Gasteiger partial charge in [0.25, 0.3) is 0 Å². The summed E-state index contributed by atoms with van der Waals surface area (Å²) < 4.78 is 27.6. The van der Waals surface area contributed by atoms with E-state index in [1.807, 2.05) is 6.92 Å². The number of nitrogens with two attached hydrogens (primary N) is 1. The zero-order chi connectivity index (χ0) is 14.6. The van der Waals surface area contributed by atoms with Crippen molar-refractivity contribution in [3.63, 3.8) is 0 Å². The van der Waals surface area contributed by atoms with Crippen molar-refractivity contribution in [1.29, 1.82) is 0 Å². The van der Waals surface area contributed by atoms with Crippen LogP contribution in [0.3, 0.4) is 0 Å². The van der Waals surface area contributed by atoms with Gasteiger partial charge in [0.15, 0.2) is 0 Å². The highest BCUT2D eigenvalue weighted by Gasteiger charge is 2.14. The summed E-state index contributed by atoms with van der Waals surface area (Å²) in [6, 6.07) is 2.31. The summed E-state index contributed by atoms with van der Waals surface area (Å²) >= 11 is 4.71. The average molecular weight is 286 g/mol. The van der Waals surface area contributed by atoms with Crippen LogP contribution in [0.2, 0.25) is 0 Å². The Hall–Kier alpha value is -1.23. The Labute approximate surface area is 118 Å². The van der Waals surface area contributed by atoms with Gasteiger partial charge in [0.2, 0.25) is 0 Å². The second-order valence-electron chi connectivity index (χ2n) is 5.20. The lowest BCUT2D eigenvalue weighted by Gasteiger charge is -2.18. The number of hydrogen-bond acceptors (Lipinski definition) is 2. The molecule has 0 radical (unpaired) electrons. The summed E-state index contributed by atoms with van der Waals surface area (Å²) in [5, 5.41) is 2.87. The third-order valence-electron chi connectivity index (χ3n) is 2.89. The molecule has 5 heteroatoms. The minimum Gasteiger partial charge on any atom is -0.389 e. The van der Waals surface area contributed by atoms with Crippen LogP contribution in [0.4, 0.5) is 14.5 Å². The smallest absolute Gasteiger partial charge is 0.150 e. The minimum atomic E-state index is -0.667. The van der Waals surface area contributed by atoms with Crippen molar-refractivity contribution in [2.75, 3.05) is 5.32 Å². The average Bonchev–Trinajstić information content (AvgIpc) is 2.30. The molecule has 0 spiro atoms. The van der Waals surface area contributed by atoms with E-state index >= 15 is 0 Å². The van der Waals surface area contributed by atoms with E-state index < -0.39 is 11.6 Å². The van der Waals surface area contributed by atoms with Gasteiger partial charge in [0.1, 0.15) is 22.3 Å². The fraction of sp³-hybridized carbons (Fsp3) is 0.500. The minimum absolute atomic E-state index is 0.00192. The van der Waals surface area contributed by atoms with Crippen molar-refractivity contribution < 1.29 is 8.78 Å². The van der Waals surface area contributed by atoms with Crippen LogP contribution in [0, 0.1) is 17.6 Å². The van der Waals surface area contributed by atoms with E-state index in [-0.39, 0.29) is 22.3 Å². The largest absolute Gasteiger partial charge is 0.389 e. The molecule has 19 heavy (non-hydrogen) atoms. The van der Waals surface area contributed by atoms with Crippen molar-refractivity contribution in [3.8, 4) is 0 Å². The molecule has 1 rings (SSSR count). The number of thiocarbonyl (C=S) groups is 1. The maximum Gasteiger partial charge on any atom is 0.150 e. The van der Waals surface area contributed by atoms with Gasteiger partial charge >= 0.3 is 0 Å². The molecule has 0 heterocycles. The van der Waals surface area contributed by atoms with Crippen LogP contribution in [0.25, 0.3) is 0 Å². The molecule has 0 bridgehead atoms. The molecule has 0 saturated heterocycles. The highest BCUT2D eigenvalue weighted by Crippen LogP contribution is 2.22. The maximum atomic E-state index is 13.8. The molecule has 1 aromatic rings. The molecular formula is C14H20F2N2S. The number of benzene rings is 1. The Morgan fingerprint density at radius 3 is 2.16 bits per heavy atom. The zero-order valence-electron chi connectivity index (χ0n) is 11.5. The van der Waals surface area contributed by atoms with Gasteiger partial charge in [0, 0.05) is 11.6 Å². The molecular weight excluding hydrogens is 266 g/mol. The second kappa shape index (κ2) is 6.80.